The molecule has 1 atom stereocenters. The highest BCUT2D eigenvalue weighted by atomic mass is 32.2. The Kier molecular flexibility index (Phi) is 4.94. The number of aromatic nitrogens is 2. The topological polar surface area (TPSA) is 64.1 Å². The maximum Gasteiger partial charge on any atom is 0.210 e. The van der Waals surface area contributed by atoms with E-state index in [9.17, 15) is 4.79 Å². The maximum atomic E-state index is 11.9. The van der Waals surface area contributed by atoms with Crippen LogP contribution in [0, 0.1) is 0 Å². The van der Waals surface area contributed by atoms with Crippen molar-refractivity contribution in [1.82, 2.24) is 10.2 Å². The van der Waals surface area contributed by atoms with Gasteiger partial charge in [0.05, 0.1) is 12.4 Å². The number of rotatable bonds is 5. The quantitative estimate of drug-likeness (QED) is 0.894. The molecule has 7 heteroatoms. The minimum absolute atomic E-state index is 0.0476. The second-order valence-electron chi connectivity index (χ2n) is 5.05. The average Bonchev–Trinajstić information content (AvgIpc) is 2.97. The Morgan fingerprint density at radius 1 is 1.36 bits per heavy atom. The lowest BCUT2D eigenvalue weighted by molar-refractivity contribution is -0.119. The van der Waals surface area contributed by atoms with E-state index in [1.807, 2.05) is 24.3 Å². The molecule has 1 aliphatic rings. The summed E-state index contributed by atoms with van der Waals surface area (Å²) in [6, 6.07) is 7.65. The molecule has 0 bridgehead atoms. The highest BCUT2D eigenvalue weighted by Gasteiger charge is 2.24. The molecule has 2 aromatic rings. The van der Waals surface area contributed by atoms with E-state index in [0.717, 1.165) is 40.2 Å². The van der Waals surface area contributed by atoms with Crippen molar-refractivity contribution < 1.29 is 9.53 Å². The van der Waals surface area contributed by atoms with Crippen LogP contribution >= 0.6 is 23.1 Å². The summed E-state index contributed by atoms with van der Waals surface area (Å²) in [4.78, 5) is 11.9. The number of carbonyl (C=O) groups excluding carboxylic acids is 1. The molecule has 1 unspecified atom stereocenters. The lowest BCUT2D eigenvalue weighted by Crippen LogP contribution is -2.21. The van der Waals surface area contributed by atoms with Gasteiger partial charge in [-0.2, -0.15) is 0 Å². The second-order valence-corrected chi connectivity index (χ2v) is 7.48. The normalized spacial score (nSPS) is 18.2. The Bertz CT molecular complexity index is 660. The largest absolute Gasteiger partial charge is 0.497 e. The number of nitrogens with zero attached hydrogens (tertiary/aromatic N) is 2. The van der Waals surface area contributed by atoms with Crippen molar-refractivity contribution in [3.05, 3.63) is 24.3 Å². The van der Waals surface area contributed by atoms with Crippen molar-refractivity contribution in [3.8, 4) is 5.75 Å². The number of Topliss-reactive ketones (excluding diaryl/α,β-unsaturated/α-hetero) is 1. The predicted octanol–water partition coefficient (Wildman–Crippen LogP) is 3.89. The molecule has 1 aliphatic carbocycles. The van der Waals surface area contributed by atoms with Crippen LogP contribution < -0.4 is 10.1 Å². The first kappa shape index (κ1) is 15.3. The van der Waals surface area contributed by atoms with Gasteiger partial charge in [-0.1, -0.05) is 35.6 Å². The molecule has 0 aliphatic heterocycles. The molecule has 1 N–H and O–H groups in total. The number of thioether (sulfide) groups is 1. The molecule has 1 fully saturated rings. The van der Waals surface area contributed by atoms with Gasteiger partial charge in [0, 0.05) is 18.2 Å². The van der Waals surface area contributed by atoms with E-state index < -0.39 is 0 Å². The van der Waals surface area contributed by atoms with E-state index in [1.165, 1.54) is 11.3 Å². The van der Waals surface area contributed by atoms with Crippen LogP contribution in [0.15, 0.2) is 28.6 Å². The van der Waals surface area contributed by atoms with Crippen LogP contribution in [-0.2, 0) is 4.79 Å². The molecule has 1 aromatic carbocycles. The number of ether oxygens (including phenoxy) is 1. The SMILES string of the molecule is COc1cccc(Nc2nnc(SC3CCCCC3=O)s2)c1. The molecule has 0 saturated heterocycles. The van der Waals surface area contributed by atoms with E-state index in [0.29, 0.717) is 12.2 Å². The lowest BCUT2D eigenvalue weighted by Gasteiger charge is -2.17. The molecule has 116 valence electrons. The van der Waals surface area contributed by atoms with Gasteiger partial charge in [-0.15, -0.1) is 10.2 Å². The number of hydrogen-bond donors (Lipinski definition) is 1. The van der Waals surface area contributed by atoms with Gasteiger partial charge in [0.2, 0.25) is 5.13 Å². The fourth-order valence-electron chi connectivity index (χ4n) is 2.33. The van der Waals surface area contributed by atoms with Crippen LogP contribution in [0.1, 0.15) is 25.7 Å². The van der Waals surface area contributed by atoms with Gasteiger partial charge in [0.25, 0.3) is 0 Å². The van der Waals surface area contributed by atoms with Gasteiger partial charge in [-0.25, -0.2) is 0 Å². The van der Waals surface area contributed by atoms with Gasteiger partial charge in [-0.05, 0) is 25.0 Å². The van der Waals surface area contributed by atoms with Crippen LogP contribution in [0.25, 0.3) is 0 Å². The zero-order chi connectivity index (χ0) is 15.4. The molecular weight excluding hydrogens is 318 g/mol. The van der Waals surface area contributed by atoms with Crippen molar-refractivity contribution in [2.45, 2.75) is 35.3 Å². The highest BCUT2D eigenvalue weighted by Crippen LogP contribution is 2.35. The van der Waals surface area contributed by atoms with Crippen LogP contribution in [0.5, 0.6) is 5.75 Å². The highest BCUT2D eigenvalue weighted by molar-refractivity contribution is 8.02. The summed E-state index contributed by atoms with van der Waals surface area (Å²) >= 11 is 3.02. The molecule has 22 heavy (non-hydrogen) atoms. The van der Waals surface area contributed by atoms with Crippen molar-refractivity contribution in [2.24, 2.45) is 0 Å². The maximum absolute atomic E-state index is 11.9. The average molecular weight is 335 g/mol. The molecule has 1 saturated carbocycles. The standard InChI is InChI=1S/C15H17N3O2S2/c1-20-11-6-4-5-10(9-11)16-14-17-18-15(22-14)21-13-8-3-2-7-12(13)19/h4-6,9,13H,2-3,7-8H2,1H3,(H,16,17). The van der Waals surface area contributed by atoms with Crippen LogP contribution in [-0.4, -0.2) is 28.3 Å². The fourth-order valence-corrected chi connectivity index (χ4v) is 4.47. The first-order valence-electron chi connectivity index (χ1n) is 7.18. The monoisotopic (exact) mass is 335 g/mol. The summed E-state index contributed by atoms with van der Waals surface area (Å²) in [7, 11) is 1.64. The summed E-state index contributed by atoms with van der Waals surface area (Å²) in [6.07, 6.45) is 3.79. The third kappa shape index (κ3) is 3.78. The smallest absolute Gasteiger partial charge is 0.210 e. The summed E-state index contributed by atoms with van der Waals surface area (Å²) in [6.45, 7) is 0. The third-order valence-electron chi connectivity index (χ3n) is 3.47. The van der Waals surface area contributed by atoms with Gasteiger partial charge in [0.15, 0.2) is 4.34 Å². The number of nitrogens with one attached hydrogen (secondary N) is 1. The number of hydrogen-bond acceptors (Lipinski definition) is 7. The Morgan fingerprint density at radius 3 is 3.09 bits per heavy atom. The van der Waals surface area contributed by atoms with E-state index in [1.54, 1.807) is 18.9 Å². The van der Waals surface area contributed by atoms with Crippen LogP contribution in [0.2, 0.25) is 0 Å². The Labute approximate surface area is 137 Å². The van der Waals surface area contributed by atoms with Gasteiger partial charge < -0.3 is 10.1 Å². The van der Waals surface area contributed by atoms with Crippen molar-refractivity contribution in [3.63, 3.8) is 0 Å². The van der Waals surface area contributed by atoms with Crippen molar-refractivity contribution in [1.29, 1.82) is 0 Å². The second kappa shape index (κ2) is 7.11. The van der Waals surface area contributed by atoms with Crippen molar-refractivity contribution >= 4 is 39.7 Å². The molecule has 0 radical (unpaired) electrons. The minimum Gasteiger partial charge on any atom is -0.497 e. The van der Waals surface area contributed by atoms with E-state index in [2.05, 4.69) is 15.5 Å². The molecule has 0 spiro atoms. The summed E-state index contributed by atoms with van der Waals surface area (Å²) < 4.78 is 6.03. The lowest BCUT2D eigenvalue weighted by atomic mass is 9.99. The molecular formula is C15H17N3O2S2. The molecule has 1 aromatic heterocycles. The summed E-state index contributed by atoms with van der Waals surface area (Å²) in [5, 5.41) is 12.3. The Hall–Kier alpha value is -1.60. The predicted molar refractivity (Wildman–Crippen MR) is 89.3 cm³/mol. The number of benzene rings is 1. The van der Waals surface area contributed by atoms with E-state index >= 15 is 0 Å². The van der Waals surface area contributed by atoms with Crippen LogP contribution in [0.4, 0.5) is 10.8 Å². The zero-order valence-electron chi connectivity index (χ0n) is 12.2. The number of anilines is 2. The molecule has 3 rings (SSSR count). The summed E-state index contributed by atoms with van der Waals surface area (Å²) in [5.74, 6) is 1.13. The van der Waals surface area contributed by atoms with Crippen molar-refractivity contribution in [2.75, 3.05) is 12.4 Å². The Balaban J connectivity index is 1.64. The van der Waals surface area contributed by atoms with Gasteiger partial charge in [0.1, 0.15) is 11.5 Å². The molecule has 5 nitrogen and oxygen atoms in total. The zero-order valence-corrected chi connectivity index (χ0v) is 13.9. The van der Waals surface area contributed by atoms with Crippen LogP contribution in [0.3, 0.4) is 0 Å². The summed E-state index contributed by atoms with van der Waals surface area (Å²) in [5.41, 5.74) is 0.904. The van der Waals surface area contributed by atoms with E-state index in [4.69, 9.17) is 4.74 Å². The third-order valence-corrected chi connectivity index (χ3v) is 5.71. The number of carbonyl (C=O) groups is 1. The molecule has 0 amide bonds. The molecule has 1 heterocycles. The fraction of sp³-hybridized carbons (Fsp3) is 0.400. The first-order chi connectivity index (χ1) is 10.7. The van der Waals surface area contributed by atoms with Gasteiger partial charge in [-0.3, -0.25) is 4.79 Å². The van der Waals surface area contributed by atoms with E-state index in [-0.39, 0.29) is 5.25 Å². The first-order valence-corrected chi connectivity index (χ1v) is 8.88. The Morgan fingerprint density at radius 2 is 2.27 bits per heavy atom. The number of ketones is 1. The van der Waals surface area contributed by atoms with Gasteiger partial charge >= 0.3 is 0 Å². The minimum atomic E-state index is 0.0476. The number of methoxy groups -OCH3 is 1.